The Morgan fingerprint density at radius 1 is 1.07 bits per heavy atom. The number of hydrogen-bond donors (Lipinski definition) is 0. The number of nitrogens with zero attached hydrogens (tertiary/aromatic N) is 3. The number of carbonyl (C=O) groups is 2. The number of halogens is 2. The van der Waals surface area contributed by atoms with E-state index in [0.29, 0.717) is 28.7 Å². The van der Waals surface area contributed by atoms with Crippen LogP contribution in [0.4, 0.5) is 0 Å². The number of carbonyl (C=O) groups excluding carboxylic acids is 2. The maximum Gasteiger partial charge on any atom is 0.316 e. The first kappa shape index (κ1) is 19.6. The average molecular weight is 408 g/mol. The summed E-state index contributed by atoms with van der Waals surface area (Å²) < 4.78 is 5.74. The Labute approximate surface area is 167 Å². The van der Waals surface area contributed by atoms with Crippen LogP contribution in [-0.4, -0.2) is 45.8 Å². The molecule has 6 nitrogen and oxygen atoms in total. The molecule has 0 radical (unpaired) electrons. The molecular formula is C19H19Cl2N3O3. The molecule has 0 spiro atoms. The number of likely N-dealkylation sites (tertiary alicyclic amines) is 1. The van der Waals surface area contributed by atoms with Gasteiger partial charge in [0.1, 0.15) is 6.10 Å². The molecular weight excluding hydrogens is 389 g/mol. The number of ether oxygens (including phenoxy) is 1. The maximum absolute atomic E-state index is 12.5. The fourth-order valence-corrected chi connectivity index (χ4v) is 3.15. The third-order valence-corrected chi connectivity index (χ3v) is 4.78. The van der Waals surface area contributed by atoms with Gasteiger partial charge in [-0.15, -0.1) is 0 Å². The molecule has 1 atom stereocenters. The highest BCUT2D eigenvalue weighted by Gasteiger charge is 2.25. The van der Waals surface area contributed by atoms with Crippen molar-refractivity contribution in [1.29, 1.82) is 0 Å². The minimum Gasteiger partial charge on any atom is -0.458 e. The fraction of sp³-hybridized carbons (Fsp3) is 0.368. The molecule has 3 rings (SSSR count). The summed E-state index contributed by atoms with van der Waals surface area (Å²) in [7, 11) is 0. The summed E-state index contributed by atoms with van der Waals surface area (Å²) >= 11 is 11.6. The number of Topliss-reactive ketones (excluding diaryl/α,β-unsaturated/α-hetero) is 1. The molecule has 1 aromatic heterocycles. The van der Waals surface area contributed by atoms with Gasteiger partial charge in [0.2, 0.25) is 5.91 Å². The van der Waals surface area contributed by atoms with E-state index in [2.05, 4.69) is 9.97 Å². The molecule has 1 fully saturated rings. The summed E-state index contributed by atoms with van der Waals surface area (Å²) in [5, 5.41) is 1.01. The van der Waals surface area contributed by atoms with Crippen molar-refractivity contribution in [2.45, 2.75) is 31.8 Å². The molecule has 0 N–H and O–H groups in total. The lowest BCUT2D eigenvalue weighted by molar-refractivity contribution is -0.133. The fourth-order valence-electron chi connectivity index (χ4n) is 2.93. The largest absolute Gasteiger partial charge is 0.458 e. The Bertz CT molecular complexity index is 797. The van der Waals surface area contributed by atoms with Gasteiger partial charge in [0.25, 0.3) is 0 Å². The van der Waals surface area contributed by atoms with Gasteiger partial charge in [0.05, 0.1) is 24.0 Å². The van der Waals surface area contributed by atoms with Gasteiger partial charge in [-0.3, -0.25) is 9.59 Å². The number of piperidine rings is 1. The Morgan fingerprint density at radius 3 is 2.48 bits per heavy atom. The molecule has 1 aliphatic heterocycles. The van der Waals surface area contributed by atoms with Crippen molar-refractivity contribution in [1.82, 2.24) is 14.9 Å². The molecule has 2 heterocycles. The summed E-state index contributed by atoms with van der Waals surface area (Å²) in [5.74, 6) is -0.123. The lowest BCUT2D eigenvalue weighted by atomic mass is 10.0. The van der Waals surface area contributed by atoms with Crippen LogP contribution in [0.2, 0.25) is 10.0 Å². The molecule has 1 saturated heterocycles. The van der Waals surface area contributed by atoms with Crippen molar-refractivity contribution in [2.24, 2.45) is 0 Å². The van der Waals surface area contributed by atoms with Crippen molar-refractivity contribution in [3.63, 3.8) is 0 Å². The maximum atomic E-state index is 12.5. The number of aromatic nitrogens is 2. The molecule has 27 heavy (non-hydrogen) atoms. The summed E-state index contributed by atoms with van der Waals surface area (Å²) in [5.41, 5.74) is 0.562. The van der Waals surface area contributed by atoms with Gasteiger partial charge in [-0.25, -0.2) is 9.97 Å². The molecule has 0 saturated carbocycles. The molecule has 1 amide bonds. The molecule has 0 bridgehead atoms. The second kappa shape index (κ2) is 9.15. The number of ketones is 1. The van der Waals surface area contributed by atoms with Crippen molar-refractivity contribution in [3.05, 3.63) is 52.3 Å². The monoisotopic (exact) mass is 407 g/mol. The van der Waals surface area contributed by atoms with Crippen molar-refractivity contribution in [3.8, 4) is 6.01 Å². The Hall–Kier alpha value is -2.18. The zero-order valence-corrected chi connectivity index (χ0v) is 16.1. The van der Waals surface area contributed by atoms with Crippen LogP contribution in [0.3, 0.4) is 0 Å². The SMILES string of the molecule is O=C(CCC(=O)N1CCCC(Oc2ncc(Cl)cn2)C1)c1ccc(Cl)cc1. The van der Waals surface area contributed by atoms with Gasteiger partial charge in [-0.1, -0.05) is 23.2 Å². The predicted molar refractivity (Wildman–Crippen MR) is 102 cm³/mol. The topological polar surface area (TPSA) is 72.4 Å². The third kappa shape index (κ3) is 5.65. The molecule has 142 valence electrons. The summed E-state index contributed by atoms with van der Waals surface area (Å²) in [6, 6.07) is 6.93. The van der Waals surface area contributed by atoms with Crippen molar-refractivity contribution < 1.29 is 14.3 Å². The zero-order valence-electron chi connectivity index (χ0n) is 14.6. The Kier molecular flexibility index (Phi) is 6.63. The molecule has 0 aliphatic carbocycles. The van der Waals surface area contributed by atoms with Crippen LogP contribution in [0.15, 0.2) is 36.7 Å². The summed E-state index contributed by atoms with van der Waals surface area (Å²) in [6.07, 6.45) is 4.76. The van der Waals surface area contributed by atoms with Crippen LogP contribution in [-0.2, 0) is 4.79 Å². The number of benzene rings is 1. The van der Waals surface area contributed by atoms with Gasteiger partial charge in [-0.2, -0.15) is 0 Å². The zero-order chi connectivity index (χ0) is 19.2. The lowest BCUT2D eigenvalue weighted by Gasteiger charge is -2.32. The molecule has 1 unspecified atom stereocenters. The van der Waals surface area contributed by atoms with E-state index < -0.39 is 0 Å². The van der Waals surface area contributed by atoms with Gasteiger partial charge in [0, 0.05) is 30.0 Å². The van der Waals surface area contributed by atoms with E-state index in [1.807, 2.05) is 0 Å². The van der Waals surface area contributed by atoms with Crippen LogP contribution < -0.4 is 4.74 Å². The molecule has 2 aromatic rings. The predicted octanol–water partition coefficient (Wildman–Crippen LogP) is 3.82. The van der Waals surface area contributed by atoms with Crippen LogP contribution in [0, 0.1) is 0 Å². The van der Waals surface area contributed by atoms with Gasteiger partial charge in [0.15, 0.2) is 5.78 Å². The van der Waals surface area contributed by atoms with E-state index in [-0.39, 0.29) is 36.6 Å². The quantitative estimate of drug-likeness (QED) is 0.680. The second-order valence-corrected chi connectivity index (χ2v) is 7.21. The summed E-state index contributed by atoms with van der Waals surface area (Å²) in [6.45, 7) is 1.12. The van der Waals surface area contributed by atoms with Crippen LogP contribution >= 0.6 is 23.2 Å². The highest BCUT2D eigenvalue weighted by molar-refractivity contribution is 6.30. The van der Waals surface area contributed by atoms with Crippen LogP contribution in [0.25, 0.3) is 0 Å². The van der Waals surface area contributed by atoms with Crippen molar-refractivity contribution in [2.75, 3.05) is 13.1 Å². The van der Waals surface area contributed by atoms with E-state index in [9.17, 15) is 9.59 Å². The molecule has 1 aliphatic rings. The van der Waals surface area contributed by atoms with E-state index >= 15 is 0 Å². The normalized spacial score (nSPS) is 16.8. The van der Waals surface area contributed by atoms with Gasteiger partial charge < -0.3 is 9.64 Å². The number of rotatable bonds is 6. The first-order chi connectivity index (χ1) is 13.0. The van der Waals surface area contributed by atoms with E-state index in [1.54, 1.807) is 29.2 Å². The smallest absolute Gasteiger partial charge is 0.316 e. The van der Waals surface area contributed by atoms with Crippen LogP contribution in [0.1, 0.15) is 36.0 Å². The standard InChI is InChI=1S/C19H19Cl2N3O3/c20-14-5-3-13(4-6-14)17(25)7-8-18(26)24-9-1-2-16(12-24)27-19-22-10-15(21)11-23-19/h3-6,10-11,16H,1-2,7-9,12H2. The van der Waals surface area contributed by atoms with E-state index in [1.165, 1.54) is 12.4 Å². The number of amides is 1. The average Bonchev–Trinajstić information content (AvgIpc) is 2.68. The number of hydrogen-bond acceptors (Lipinski definition) is 5. The first-order valence-corrected chi connectivity index (χ1v) is 9.47. The third-order valence-electron chi connectivity index (χ3n) is 4.33. The Morgan fingerprint density at radius 2 is 1.78 bits per heavy atom. The molecule has 1 aromatic carbocycles. The first-order valence-electron chi connectivity index (χ1n) is 8.72. The van der Waals surface area contributed by atoms with Crippen molar-refractivity contribution >= 4 is 34.9 Å². The van der Waals surface area contributed by atoms with Crippen LogP contribution in [0.5, 0.6) is 6.01 Å². The molecule has 8 heteroatoms. The highest BCUT2D eigenvalue weighted by Crippen LogP contribution is 2.18. The van der Waals surface area contributed by atoms with E-state index in [0.717, 1.165) is 12.8 Å². The summed E-state index contributed by atoms with van der Waals surface area (Å²) in [4.78, 5) is 34.5. The second-order valence-electron chi connectivity index (χ2n) is 6.34. The lowest BCUT2D eigenvalue weighted by Crippen LogP contribution is -2.44. The van der Waals surface area contributed by atoms with Gasteiger partial charge in [-0.05, 0) is 37.1 Å². The van der Waals surface area contributed by atoms with Gasteiger partial charge >= 0.3 is 6.01 Å². The Balaban J connectivity index is 1.49. The van der Waals surface area contributed by atoms with E-state index in [4.69, 9.17) is 27.9 Å². The highest BCUT2D eigenvalue weighted by atomic mass is 35.5. The minimum atomic E-state index is -0.171. The minimum absolute atomic E-state index is 0.0531.